The van der Waals surface area contributed by atoms with Crippen LogP contribution in [-0.4, -0.2) is 62.5 Å². The van der Waals surface area contributed by atoms with Crippen LogP contribution in [0.25, 0.3) is 20.7 Å². The first-order valence-electron chi connectivity index (χ1n) is 19.1. The van der Waals surface area contributed by atoms with Crippen molar-refractivity contribution in [2.75, 3.05) is 28.8 Å². The van der Waals surface area contributed by atoms with Gasteiger partial charge in [-0.3, -0.25) is 44.1 Å². The molecule has 1 N–H and O–H groups in total. The number of thiophene rings is 1. The SMILES string of the molecule is Cc1c(-c2cc(N3C(=O)[C@@H]4C[C@@H]5C(=CC[C@@H]6C(=O)N(c7cc([N+](=O)[O-])c(N(C)C)c([N+](=O)[O-])c7)C(=O)[C@@H]65)[C@H](c5cccc(O)c5)[C@]4(C)C3=O)n(C)n2)sc2ccc(Cl)cc12. The number of phenols is 1. The zero-order valence-corrected chi connectivity index (χ0v) is 34.4. The van der Waals surface area contributed by atoms with Crippen molar-refractivity contribution in [3.63, 3.8) is 0 Å². The largest absolute Gasteiger partial charge is 0.508 e. The first-order chi connectivity index (χ1) is 28.4. The lowest BCUT2D eigenvalue weighted by Gasteiger charge is -2.49. The van der Waals surface area contributed by atoms with Gasteiger partial charge in [0.25, 0.3) is 0 Å². The molecular weight excluding hydrogens is 814 g/mol. The van der Waals surface area contributed by atoms with Crippen LogP contribution in [0.1, 0.15) is 36.8 Å². The van der Waals surface area contributed by atoms with Crippen LogP contribution in [0, 0.1) is 56.2 Å². The molecule has 1 saturated carbocycles. The third-order valence-electron chi connectivity index (χ3n) is 12.8. The van der Waals surface area contributed by atoms with Gasteiger partial charge in [-0.05, 0) is 79.5 Å². The summed E-state index contributed by atoms with van der Waals surface area (Å²) in [7, 11) is 4.48. The minimum atomic E-state index is -1.41. The van der Waals surface area contributed by atoms with Gasteiger partial charge < -0.3 is 10.0 Å². The van der Waals surface area contributed by atoms with E-state index in [1.54, 1.807) is 32.2 Å². The Morgan fingerprint density at radius 2 is 1.63 bits per heavy atom. The lowest BCUT2D eigenvalue weighted by atomic mass is 9.51. The second kappa shape index (κ2) is 13.5. The van der Waals surface area contributed by atoms with Gasteiger partial charge in [0.1, 0.15) is 17.3 Å². The fourth-order valence-electron chi connectivity index (χ4n) is 10.2. The average molecular weight is 850 g/mol. The number of fused-ring (bicyclic) bond motifs is 5. The van der Waals surface area contributed by atoms with Crippen LogP contribution in [0.4, 0.5) is 28.6 Å². The first-order valence-corrected chi connectivity index (χ1v) is 20.3. The number of phenolic OH excluding ortho intramolecular Hbond substituents is 1. The lowest BCUT2D eigenvalue weighted by molar-refractivity contribution is -0.392. The van der Waals surface area contributed by atoms with Gasteiger partial charge in [-0.15, -0.1) is 11.3 Å². The van der Waals surface area contributed by atoms with Crippen molar-refractivity contribution in [3.05, 3.63) is 109 Å². The summed E-state index contributed by atoms with van der Waals surface area (Å²) in [6.45, 7) is 3.69. The maximum Gasteiger partial charge on any atom is 0.301 e. The van der Waals surface area contributed by atoms with Crippen LogP contribution in [0.15, 0.2) is 72.3 Å². The Bertz CT molecular complexity index is 2800. The van der Waals surface area contributed by atoms with Crippen molar-refractivity contribution in [1.82, 2.24) is 9.78 Å². The Kier molecular flexibility index (Phi) is 8.80. The Morgan fingerprint density at radius 3 is 2.28 bits per heavy atom. The number of anilines is 3. The summed E-state index contributed by atoms with van der Waals surface area (Å²) < 4.78 is 2.49. The highest BCUT2D eigenvalue weighted by molar-refractivity contribution is 7.22. The van der Waals surface area contributed by atoms with E-state index in [9.17, 15) is 39.7 Å². The number of aryl methyl sites for hydroxylation is 2. The number of hydrogen-bond donors (Lipinski definition) is 1. The molecule has 4 aliphatic rings. The molecule has 2 aliphatic heterocycles. The van der Waals surface area contributed by atoms with E-state index in [0.29, 0.717) is 21.9 Å². The van der Waals surface area contributed by atoms with Crippen LogP contribution in [0.3, 0.4) is 0 Å². The fraction of sp³-hybridized carbons (Fsp3) is 0.310. The van der Waals surface area contributed by atoms with Crippen molar-refractivity contribution in [2.24, 2.45) is 36.1 Å². The Balaban J connectivity index is 1.14. The van der Waals surface area contributed by atoms with E-state index in [1.165, 1.54) is 47.1 Å². The number of nitro groups is 2. The summed E-state index contributed by atoms with van der Waals surface area (Å²) in [5.74, 6) is -6.80. The molecule has 0 radical (unpaired) electrons. The number of carbonyl (C=O) groups excluding carboxylic acids is 4. The molecule has 2 aromatic heterocycles. The molecule has 3 aromatic carbocycles. The number of carbonyl (C=O) groups is 4. The van der Waals surface area contributed by atoms with Crippen LogP contribution >= 0.6 is 22.9 Å². The molecule has 0 spiro atoms. The standard InChI is InChI=1S/C42H36ClN7O9S/c1-19-26-14-21(43)9-12-32(26)60-37(19)29-18-33(46(5)44-29)48-39(53)28-17-27-24(35(42(28,2)41(48)55)20-7-6-8-23(51)13-20)10-11-25-34(27)40(54)47(38(25)52)22-15-30(49(56)57)36(45(3)4)31(16-22)50(58)59/h6-10,12-16,18,25,27-28,34-35,51H,11,17H2,1-5H3/t25-,27+,28-,34-,35-,42+/m0/s1. The average Bonchev–Trinajstić information content (AvgIpc) is 3.87. The van der Waals surface area contributed by atoms with Gasteiger partial charge >= 0.3 is 11.4 Å². The predicted molar refractivity (Wildman–Crippen MR) is 223 cm³/mol. The van der Waals surface area contributed by atoms with E-state index in [1.807, 2.05) is 31.2 Å². The van der Waals surface area contributed by atoms with Gasteiger partial charge in [0.15, 0.2) is 5.69 Å². The predicted octanol–water partition coefficient (Wildman–Crippen LogP) is 7.29. The summed E-state index contributed by atoms with van der Waals surface area (Å²) in [6, 6.07) is 15.7. The van der Waals surface area contributed by atoms with E-state index >= 15 is 4.79 Å². The summed E-state index contributed by atoms with van der Waals surface area (Å²) >= 11 is 7.82. The van der Waals surface area contributed by atoms with Gasteiger partial charge in [0.2, 0.25) is 23.6 Å². The Morgan fingerprint density at radius 1 is 0.933 bits per heavy atom. The number of nitro benzene ring substituents is 2. The van der Waals surface area contributed by atoms with Crippen molar-refractivity contribution < 1.29 is 34.1 Å². The molecule has 5 aromatic rings. The van der Waals surface area contributed by atoms with Crippen molar-refractivity contribution in [1.29, 1.82) is 0 Å². The minimum absolute atomic E-state index is 0.00744. The molecule has 60 heavy (non-hydrogen) atoms. The number of allylic oxidation sites excluding steroid dienone is 2. The second-order valence-electron chi connectivity index (χ2n) is 16.2. The zero-order chi connectivity index (χ0) is 42.8. The number of aromatic nitrogens is 2. The fourth-order valence-corrected chi connectivity index (χ4v) is 11.6. The molecule has 16 nitrogen and oxygen atoms in total. The van der Waals surface area contributed by atoms with E-state index < -0.39 is 79.9 Å². The second-order valence-corrected chi connectivity index (χ2v) is 17.7. The van der Waals surface area contributed by atoms with Gasteiger partial charge in [0.05, 0.1) is 43.6 Å². The van der Waals surface area contributed by atoms with E-state index in [-0.39, 0.29) is 35.8 Å². The zero-order valence-electron chi connectivity index (χ0n) is 32.8. The highest BCUT2D eigenvalue weighted by Crippen LogP contribution is 2.64. The molecule has 0 unspecified atom stereocenters. The van der Waals surface area contributed by atoms with Crippen LogP contribution in [0.5, 0.6) is 5.75 Å². The van der Waals surface area contributed by atoms with Crippen molar-refractivity contribution >= 4 is 85.2 Å². The van der Waals surface area contributed by atoms with Gasteiger partial charge in [-0.25, -0.2) is 9.80 Å². The maximum atomic E-state index is 15.1. The van der Waals surface area contributed by atoms with Gasteiger partial charge in [-0.1, -0.05) is 35.4 Å². The summed E-state index contributed by atoms with van der Waals surface area (Å²) in [4.78, 5) is 85.8. The number of nitrogens with zero attached hydrogens (tertiary/aromatic N) is 7. The number of amides is 4. The number of benzene rings is 3. The number of hydrogen-bond acceptors (Lipinski definition) is 12. The first kappa shape index (κ1) is 39.0. The van der Waals surface area contributed by atoms with Crippen LogP contribution in [0.2, 0.25) is 5.02 Å². The van der Waals surface area contributed by atoms with Crippen LogP contribution < -0.4 is 14.7 Å². The molecule has 306 valence electrons. The number of rotatable bonds is 7. The molecule has 2 saturated heterocycles. The van der Waals surface area contributed by atoms with E-state index in [4.69, 9.17) is 16.7 Å². The van der Waals surface area contributed by atoms with Crippen molar-refractivity contribution in [3.8, 4) is 16.3 Å². The van der Waals surface area contributed by atoms with E-state index in [0.717, 1.165) is 42.5 Å². The molecule has 9 rings (SSSR count). The molecule has 6 atom stereocenters. The third-order valence-corrected chi connectivity index (χ3v) is 14.4. The van der Waals surface area contributed by atoms with E-state index in [2.05, 4.69) is 0 Å². The van der Waals surface area contributed by atoms with Gasteiger partial charge in [-0.2, -0.15) is 5.10 Å². The summed E-state index contributed by atoms with van der Waals surface area (Å²) in [5, 5.41) is 41.4. The van der Waals surface area contributed by atoms with Gasteiger partial charge in [0, 0.05) is 55.0 Å². The lowest BCUT2D eigenvalue weighted by Crippen LogP contribution is -2.48. The molecule has 3 fully saturated rings. The third kappa shape index (κ3) is 5.44. The maximum absolute atomic E-state index is 15.1. The molecule has 4 amide bonds. The number of aromatic hydroxyl groups is 1. The quantitative estimate of drug-likeness (QED) is 0.0746. The Hall–Kier alpha value is -6.46. The highest BCUT2D eigenvalue weighted by Gasteiger charge is 2.68. The van der Waals surface area contributed by atoms with Crippen LogP contribution in [-0.2, 0) is 26.2 Å². The summed E-state index contributed by atoms with van der Waals surface area (Å²) in [6.07, 6.45) is 1.90. The number of imide groups is 2. The summed E-state index contributed by atoms with van der Waals surface area (Å²) in [5.41, 5.74) is -0.650. The molecule has 2 aliphatic carbocycles. The normalized spacial score (nSPS) is 24.8. The topological polar surface area (TPSA) is 202 Å². The smallest absolute Gasteiger partial charge is 0.301 e. The molecule has 4 heterocycles. The molecule has 0 bridgehead atoms. The molecule has 18 heteroatoms. The number of halogens is 1. The Labute approximate surface area is 350 Å². The minimum Gasteiger partial charge on any atom is -0.508 e. The molecular formula is C42H36ClN7O9S. The highest BCUT2D eigenvalue weighted by atomic mass is 35.5. The van der Waals surface area contributed by atoms with Crippen molar-refractivity contribution in [2.45, 2.75) is 32.6 Å². The monoisotopic (exact) mass is 849 g/mol.